The molecule has 2 saturated carbocycles. The summed E-state index contributed by atoms with van der Waals surface area (Å²) in [4.78, 5) is 30.2. The summed E-state index contributed by atoms with van der Waals surface area (Å²) < 4.78 is 3.30. The number of hydrogen-bond donors (Lipinski definition) is 2. The van der Waals surface area contributed by atoms with E-state index in [1.165, 1.54) is 36.8 Å². The quantitative estimate of drug-likeness (QED) is 0.344. The van der Waals surface area contributed by atoms with Crippen LogP contribution >= 0.6 is 0 Å². The Morgan fingerprint density at radius 1 is 1.17 bits per heavy atom. The van der Waals surface area contributed by atoms with Crippen molar-refractivity contribution < 1.29 is 5.11 Å². The molecule has 9 nitrogen and oxygen atoms in total. The lowest BCUT2D eigenvalue weighted by molar-refractivity contribution is 0.0553. The molecule has 1 atom stereocenters. The van der Waals surface area contributed by atoms with Crippen LogP contribution in [-0.4, -0.2) is 47.9 Å². The molecule has 8 rings (SSSR count). The van der Waals surface area contributed by atoms with E-state index < -0.39 is 5.60 Å². The normalized spacial score (nSPS) is 22.6. The maximum atomic E-state index is 13.4. The monoisotopic (exact) mass is 549 g/mol. The summed E-state index contributed by atoms with van der Waals surface area (Å²) in [6, 6.07) is 8.47. The molecule has 3 aromatic heterocycles. The number of nitrogens with one attached hydrogen (secondary N) is 1. The van der Waals surface area contributed by atoms with Crippen LogP contribution in [0.15, 0.2) is 47.9 Å². The zero-order chi connectivity index (χ0) is 28.1. The van der Waals surface area contributed by atoms with E-state index in [1.54, 1.807) is 34.1 Å². The van der Waals surface area contributed by atoms with Gasteiger partial charge in [0.2, 0.25) is 5.95 Å². The number of rotatable bonds is 6. The number of likely N-dealkylation sites (N-methyl/N-ethyl adjacent to an activating group) is 1. The van der Waals surface area contributed by atoms with Crippen LogP contribution in [0.1, 0.15) is 72.9 Å². The van der Waals surface area contributed by atoms with Crippen molar-refractivity contribution in [2.24, 2.45) is 0 Å². The summed E-state index contributed by atoms with van der Waals surface area (Å²) in [7, 11) is 2.22. The first kappa shape index (κ1) is 24.9. The third-order valence-corrected chi connectivity index (χ3v) is 9.47. The van der Waals surface area contributed by atoms with Gasteiger partial charge in [-0.15, -0.1) is 6.58 Å². The maximum absolute atomic E-state index is 13.4. The first-order valence-electron chi connectivity index (χ1n) is 14.7. The molecule has 4 heterocycles. The van der Waals surface area contributed by atoms with Gasteiger partial charge in [0.15, 0.2) is 11.5 Å². The van der Waals surface area contributed by atoms with Crippen LogP contribution < -0.4 is 10.9 Å². The Hall–Kier alpha value is -3.82. The lowest BCUT2D eigenvalue weighted by Crippen LogP contribution is -2.36. The third-order valence-electron chi connectivity index (χ3n) is 9.47. The second kappa shape index (κ2) is 8.59. The minimum atomic E-state index is -1.00. The van der Waals surface area contributed by atoms with Crippen molar-refractivity contribution in [3.05, 3.63) is 81.4 Å². The van der Waals surface area contributed by atoms with E-state index in [4.69, 9.17) is 9.97 Å². The van der Waals surface area contributed by atoms with Gasteiger partial charge < -0.3 is 15.3 Å². The van der Waals surface area contributed by atoms with E-state index in [2.05, 4.69) is 41.0 Å². The van der Waals surface area contributed by atoms with Crippen molar-refractivity contribution in [1.82, 2.24) is 29.2 Å². The predicted molar refractivity (Wildman–Crippen MR) is 158 cm³/mol. The van der Waals surface area contributed by atoms with Gasteiger partial charge in [-0.25, -0.2) is 19.3 Å². The molecule has 1 spiro atoms. The maximum Gasteiger partial charge on any atom is 0.278 e. The fourth-order valence-electron chi connectivity index (χ4n) is 7.29. The summed E-state index contributed by atoms with van der Waals surface area (Å²) in [5, 5.41) is 14.8. The van der Waals surface area contributed by atoms with Crippen LogP contribution in [0.4, 0.5) is 11.6 Å². The zero-order valence-corrected chi connectivity index (χ0v) is 23.7. The first-order valence-corrected chi connectivity index (χ1v) is 14.7. The molecular weight excluding hydrogens is 514 g/mol. The number of benzene rings is 1. The van der Waals surface area contributed by atoms with Crippen molar-refractivity contribution in [1.29, 1.82) is 0 Å². The number of aliphatic hydroxyl groups is 1. The van der Waals surface area contributed by atoms with Gasteiger partial charge in [-0.05, 0) is 98.9 Å². The molecule has 0 radical (unpaired) electrons. The van der Waals surface area contributed by atoms with Crippen LogP contribution in [0.5, 0.6) is 0 Å². The highest BCUT2D eigenvalue weighted by Crippen LogP contribution is 2.57. The third kappa shape index (κ3) is 3.89. The Morgan fingerprint density at radius 3 is 2.76 bits per heavy atom. The lowest BCUT2D eigenvalue weighted by Gasteiger charge is -2.35. The molecule has 1 unspecified atom stereocenters. The molecule has 210 valence electrons. The predicted octanol–water partition coefficient (Wildman–Crippen LogP) is 4.41. The lowest BCUT2D eigenvalue weighted by atomic mass is 9.81. The average molecular weight is 550 g/mol. The fourth-order valence-corrected chi connectivity index (χ4v) is 7.29. The standard InChI is InChI=1S/C32H35N7O2/c1-4-13-38-29(40)24-16-33-30(36-28(24)39(38)25-8-7-20-9-10-31(2,41)27(20)35-25)34-22-14-21-17-37(3)18-32(11-12-32)26(21)23(15-22)19-5-6-19/h4,7-8,14-16,19,41H,1,5-6,9-13,17-18H2,2-3H3,(H,33,34,36). The molecule has 2 fully saturated rings. The van der Waals surface area contributed by atoms with Crippen LogP contribution in [0, 0.1) is 0 Å². The summed E-state index contributed by atoms with van der Waals surface area (Å²) in [5.74, 6) is 1.62. The van der Waals surface area contributed by atoms with E-state index in [1.807, 2.05) is 12.1 Å². The van der Waals surface area contributed by atoms with E-state index in [-0.39, 0.29) is 12.1 Å². The van der Waals surface area contributed by atoms with Gasteiger partial charge in [-0.3, -0.25) is 4.79 Å². The van der Waals surface area contributed by atoms with Gasteiger partial charge in [0, 0.05) is 30.4 Å². The van der Waals surface area contributed by atoms with Crippen molar-refractivity contribution in [3.8, 4) is 5.82 Å². The molecule has 9 heteroatoms. The van der Waals surface area contributed by atoms with E-state index in [9.17, 15) is 9.90 Å². The van der Waals surface area contributed by atoms with Gasteiger partial charge in [0.25, 0.3) is 5.56 Å². The van der Waals surface area contributed by atoms with Crippen LogP contribution in [0.3, 0.4) is 0 Å². The number of anilines is 2. The Kier molecular flexibility index (Phi) is 5.23. The number of aromatic nitrogens is 5. The highest BCUT2D eigenvalue weighted by molar-refractivity contribution is 5.77. The SMILES string of the molecule is C=CCn1c(=O)c2cnc(Nc3cc4c(c(C5CC5)c3)C3(CC3)CN(C)C4)nc2n1-c1ccc2c(n1)C(C)(O)CC2. The van der Waals surface area contributed by atoms with E-state index >= 15 is 0 Å². The summed E-state index contributed by atoms with van der Waals surface area (Å²) in [6.07, 6.45) is 9.76. The Labute approximate surface area is 238 Å². The average Bonchev–Trinajstić information content (AvgIpc) is 3.87. The number of nitrogens with zero attached hydrogens (tertiary/aromatic N) is 6. The first-order chi connectivity index (χ1) is 19.8. The Bertz CT molecular complexity index is 1810. The summed E-state index contributed by atoms with van der Waals surface area (Å²) >= 11 is 0. The van der Waals surface area contributed by atoms with Crippen molar-refractivity contribution in [2.75, 3.05) is 18.9 Å². The highest BCUT2D eigenvalue weighted by Gasteiger charge is 2.51. The Morgan fingerprint density at radius 2 is 2.00 bits per heavy atom. The molecule has 3 aliphatic carbocycles. The van der Waals surface area contributed by atoms with Crippen molar-refractivity contribution in [3.63, 3.8) is 0 Å². The van der Waals surface area contributed by atoms with Gasteiger partial charge in [-0.1, -0.05) is 12.1 Å². The minimum absolute atomic E-state index is 0.205. The summed E-state index contributed by atoms with van der Waals surface area (Å²) in [5.41, 5.74) is 6.79. The van der Waals surface area contributed by atoms with Crippen LogP contribution in [-0.2, 0) is 30.5 Å². The molecule has 2 N–H and O–H groups in total. The molecule has 0 amide bonds. The fraction of sp³-hybridized carbons (Fsp3) is 0.438. The molecule has 0 bridgehead atoms. The highest BCUT2D eigenvalue weighted by atomic mass is 16.3. The minimum Gasteiger partial charge on any atom is -0.384 e. The molecule has 4 aliphatic rings. The van der Waals surface area contributed by atoms with E-state index in [0.717, 1.165) is 30.8 Å². The zero-order valence-electron chi connectivity index (χ0n) is 23.7. The van der Waals surface area contributed by atoms with Crippen LogP contribution in [0.2, 0.25) is 0 Å². The molecule has 4 aromatic rings. The Balaban J connectivity index is 1.24. The number of aryl methyl sites for hydroxylation is 1. The van der Waals surface area contributed by atoms with E-state index in [0.29, 0.717) is 46.2 Å². The van der Waals surface area contributed by atoms with Gasteiger partial charge >= 0.3 is 0 Å². The second-order valence-corrected chi connectivity index (χ2v) is 12.8. The van der Waals surface area contributed by atoms with Gasteiger partial charge in [0.1, 0.15) is 11.0 Å². The van der Waals surface area contributed by atoms with Crippen LogP contribution in [0.25, 0.3) is 16.9 Å². The van der Waals surface area contributed by atoms with Gasteiger partial charge in [-0.2, -0.15) is 4.98 Å². The van der Waals surface area contributed by atoms with Gasteiger partial charge in [0.05, 0.1) is 12.2 Å². The van der Waals surface area contributed by atoms with Crippen molar-refractivity contribution >= 4 is 22.7 Å². The number of hydrogen-bond acceptors (Lipinski definition) is 7. The molecular formula is C32H35N7O2. The largest absolute Gasteiger partial charge is 0.384 e. The number of fused-ring (bicyclic) bond motifs is 4. The smallest absolute Gasteiger partial charge is 0.278 e. The summed E-state index contributed by atoms with van der Waals surface area (Å²) in [6.45, 7) is 8.04. The topological polar surface area (TPSA) is 101 Å². The molecule has 41 heavy (non-hydrogen) atoms. The molecule has 1 aliphatic heterocycles. The molecule has 1 aromatic carbocycles. The number of allylic oxidation sites excluding steroid dienone is 1. The molecule has 0 saturated heterocycles. The number of pyridine rings is 1. The second-order valence-electron chi connectivity index (χ2n) is 12.8. The van der Waals surface area contributed by atoms with Crippen molar-refractivity contribution in [2.45, 2.75) is 75.5 Å².